The maximum absolute atomic E-state index is 12.2. The standard InChI is InChI=1S/C21H25NO5/c1-4-25-18-12-11-16(13-19(18)26-5-2)14-21(24)27-15-20(23)22(3)17-9-7-6-8-10-17/h6-13H,4-5,14-15H2,1-3H3. The molecule has 0 heterocycles. The second-order valence-electron chi connectivity index (χ2n) is 5.77. The Bertz CT molecular complexity index is 760. The molecular weight excluding hydrogens is 346 g/mol. The average molecular weight is 371 g/mol. The zero-order valence-corrected chi connectivity index (χ0v) is 15.9. The number of rotatable bonds is 9. The van der Waals surface area contributed by atoms with E-state index < -0.39 is 5.97 Å². The lowest BCUT2D eigenvalue weighted by Crippen LogP contribution is -2.31. The lowest BCUT2D eigenvalue weighted by Gasteiger charge is -2.17. The summed E-state index contributed by atoms with van der Waals surface area (Å²) in [4.78, 5) is 25.7. The molecule has 0 aromatic heterocycles. The SMILES string of the molecule is CCOc1ccc(CC(=O)OCC(=O)N(C)c2ccccc2)cc1OCC. The van der Waals surface area contributed by atoms with Gasteiger partial charge in [-0.05, 0) is 43.7 Å². The number of benzene rings is 2. The normalized spacial score (nSPS) is 10.2. The molecule has 0 aliphatic rings. The molecule has 144 valence electrons. The number of esters is 1. The molecule has 0 aliphatic carbocycles. The summed E-state index contributed by atoms with van der Waals surface area (Å²) in [6.45, 7) is 4.49. The Balaban J connectivity index is 1.91. The molecule has 2 aromatic rings. The topological polar surface area (TPSA) is 65.1 Å². The van der Waals surface area contributed by atoms with E-state index in [9.17, 15) is 9.59 Å². The van der Waals surface area contributed by atoms with Gasteiger partial charge in [0.1, 0.15) is 0 Å². The largest absolute Gasteiger partial charge is 0.490 e. The van der Waals surface area contributed by atoms with E-state index in [4.69, 9.17) is 14.2 Å². The zero-order chi connectivity index (χ0) is 19.6. The highest BCUT2D eigenvalue weighted by molar-refractivity contribution is 5.94. The molecule has 0 spiro atoms. The second-order valence-corrected chi connectivity index (χ2v) is 5.77. The summed E-state index contributed by atoms with van der Waals surface area (Å²) in [7, 11) is 1.65. The Morgan fingerprint density at radius 1 is 0.926 bits per heavy atom. The molecule has 6 heteroatoms. The molecule has 0 radical (unpaired) electrons. The Labute approximate surface area is 159 Å². The van der Waals surface area contributed by atoms with E-state index in [1.54, 1.807) is 25.2 Å². The number of anilines is 1. The Morgan fingerprint density at radius 3 is 2.26 bits per heavy atom. The average Bonchev–Trinajstić information content (AvgIpc) is 2.68. The van der Waals surface area contributed by atoms with Crippen LogP contribution in [0.25, 0.3) is 0 Å². The summed E-state index contributed by atoms with van der Waals surface area (Å²) in [6.07, 6.45) is 0.0504. The van der Waals surface area contributed by atoms with E-state index in [1.165, 1.54) is 4.90 Å². The molecule has 6 nitrogen and oxygen atoms in total. The highest BCUT2D eigenvalue weighted by Gasteiger charge is 2.15. The lowest BCUT2D eigenvalue weighted by atomic mass is 10.1. The van der Waals surface area contributed by atoms with Crippen LogP contribution in [-0.4, -0.2) is 38.7 Å². The number of likely N-dealkylation sites (N-methyl/N-ethyl adjacent to an activating group) is 1. The second kappa shape index (κ2) is 10.2. The fourth-order valence-corrected chi connectivity index (χ4v) is 2.46. The zero-order valence-electron chi connectivity index (χ0n) is 15.9. The highest BCUT2D eigenvalue weighted by atomic mass is 16.5. The summed E-state index contributed by atoms with van der Waals surface area (Å²) in [5.74, 6) is 0.452. The van der Waals surface area contributed by atoms with Gasteiger partial charge in [0, 0.05) is 12.7 Å². The molecule has 0 unspecified atom stereocenters. The molecular formula is C21H25NO5. The third kappa shape index (κ3) is 6.02. The summed E-state index contributed by atoms with van der Waals surface area (Å²) in [5, 5.41) is 0. The first-order chi connectivity index (χ1) is 13.0. The van der Waals surface area contributed by atoms with E-state index in [-0.39, 0.29) is 18.9 Å². The van der Waals surface area contributed by atoms with Crippen molar-refractivity contribution in [2.75, 3.05) is 31.8 Å². The van der Waals surface area contributed by atoms with Crippen LogP contribution in [0.15, 0.2) is 48.5 Å². The Kier molecular flexibility index (Phi) is 7.67. The van der Waals surface area contributed by atoms with Crippen molar-refractivity contribution in [1.29, 1.82) is 0 Å². The van der Waals surface area contributed by atoms with E-state index in [2.05, 4.69) is 0 Å². The number of carbonyl (C=O) groups is 2. The molecule has 0 saturated heterocycles. The van der Waals surface area contributed by atoms with Crippen LogP contribution in [0.2, 0.25) is 0 Å². The summed E-state index contributed by atoms with van der Waals surface area (Å²) in [5.41, 5.74) is 1.47. The van der Waals surface area contributed by atoms with Gasteiger partial charge in [0.05, 0.1) is 19.6 Å². The van der Waals surface area contributed by atoms with Gasteiger partial charge in [-0.1, -0.05) is 24.3 Å². The van der Waals surface area contributed by atoms with Gasteiger partial charge in [0.2, 0.25) is 0 Å². The van der Waals surface area contributed by atoms with E-state index >= 15 is 0 Å². The lowest BCUT2D eigenvalue weighted by molar-refractivity contribution is -0.147. The van der Waals surface area contributed by atoms with Crippen molar-refractivity contribution in [3.05, 3.63) is 54.1 Å². The van der Waals surface area contributed by atoms with Crippen LogP contribution in [0.1, 0.15) is 19.4 Å². The molecule has 0 aliphatic heterocycles. The van der Waals surface area contributed by atoms with Crippen molar-refractivity contribution in [2.45, 2.75) is 20.3 Å². The molecule has 27 heavy (non-hydrogen) atoms. The van der Waals surface area contributed by atoms with Crippen LogP contribution in [-0.2, 0) is 20.7 Å². The number of ether oxygens (including phenoxy) is 3. The maximum atomic E-state index is 12.2. The quantitative estimate of drug-likeness (QED) is 0.633. The van der Waals surface area contributed by atoms with Crippen LogP contribution in [0.5, 0.6) is 11.5 Å². The Hall–Kier alpha value is -3.02. The van der Waals surface area contributed by atoms with E-state index in [1.807, 2.05) is 44.2 Å². The first-order valence-electron chi connectivity index (χ1n) is 8.90. The number of carbonyl (C=O) groups excluding carboxylic acids is 2. The van der Waals surface area contributed by atoms with Crippen molar-refractivity contribution in [1.82, 2.24) is 0 Å². The number of para-hydroxylation sites is 1. The first-order valence-corrected chi connectivity index (χ1v) is 8.90. The monoisotopic (exact) mass is 371 g/mol. The minimum atomic E-state index is -0.476. The third-order valence-corrected chi connectivity index (χ3v) is 3.83. The van der Waals surface area contributed by atoms with Crippen LogP contribution < -0.4 is 14.4 Å². The van der Waals surface area contributed by atoms with E-state index in [0.29, 0.717) is 24.7 Å². The number of hydrogen-bond acceptors (Lipinski definition) is 5. The van der Waals surface area contributed by atoms with Crippen LogP contribution in [0.3, 0.4) is 0 Å². The van der Waals surface area contributed by atoms with Gasteiger partial charge in [-0.15, -0.1) is 0 Å². The third-order valence-electron chi connectivity index (χ3n) is 3.83. The van der Waals surface area contributed by atoms with Crippen LogP contribution in [0, 0.1) is 0 Å². The molecule has 0 N–H and O–H groups in total. The van der Waals surface area contributed by atoms with Gasteiger partial charge in [-0.25, -0.2) is 0 Å². The molecule has 0 bridgehead atoms. The van der Waals surface area contributed by atoms with Crippen LogP contribution in [0.4, 0.5) is 5.69 Å². The van der Waals surface area contributed by atoms with Gasteiger partial charge in [0.15, 0.2) is 18.1 Å². The van der Waals surface area contributed by atoms with Gasteiger partial charge in [-0.2, -0.15) is 0 Å². The van der Waals surface area contributed by atoms with Crippen molar-refractivity contribution >= 4 is 17.6 Å². The van der Waals surface area contributed by atoms with Crippen LogP contribution >= 0.6 is 0 Å². The molecule has 2 rings (SSSR count). The highest BCUT2D eigenvalue weighted by Crippen LogP contribution is 2.28. The molecule has 0 atom stereocenters. The summed E-state index contributed by atoms with van der Waals surface area (Å²) < 4.78 is 16.2. The van der Waals surface area contributed by atoms with Gasteiger partial charge < -0.3 is 19.1 Å². The first kappa shape index (κ1) is 20.3. The summed E-state index contributed by atoms with van der Waals surface area (Å²) in [6, 6.07) is 14.5. The van der Waals surface area contributed by atoms with E-state index in [0.717, 1.165) is 11.3 Å². The maximum Gasteiger partial charge on any atom is 0.310 e. The van der Waals surface area contributed by atoms with Crippen molar-refractivity contribution in [3.8, 4) is 11.5 Å². The molecule has 0 fully saturated rings. The smallest absolute Gasteiger partial charge is 0.310 e. The fourth-order valence-electron chi connectivity index (χ4n) is 2.46. The van der Waals surface area contributed by atoms with Gasteiger partial charge >= 0.3 is 5.97 Å². The Morgan fingerprint density at radius 2 is 1.59 bits per heavy atom. The van der Waals surface area contributed by atoms with Gasteiger partial charge in [0.25, 0.3) is 5.91 Å². The predicted octanol–water partition coefficient (Wildman–Crippen LogP) is 3.23. The molecule has 0 saturated carbocycles. The number of hydrogen-bond donors (Lipinski definition) is 0. The van der Waals surface area contributed by atoms with Crippen molar-refractivity contribution in [3.63, 3.8) is 0 Å². The predicted molar refractivity (Wildman–Crippen MR) is 103 cm³/mol. The number of nitrogens with zero attached hydrogens (tertiary/aromatic N) is 1. The minimum absolute atomic E-state index is 0.0504. The fraction of sp³-hybridized carbons (Fsp3) is 0.333. The van der Waals surface area contributed by atoms with Gasteiger partial charge in [-0.3, -0.25) is 9.59 Å². The molecule has 2 aromatic carbocycles. The van der Waals surface area contributed by atoms with Crippen molar-refractivity contribution < 1.29 is 23.8 Å². The number of amides is 1. The minimum Gasteiger partial charge on any atom is -0.490 e. The molecule has 1 amide bonds. The summed E-state index contributed by atoms with van der Waals surface area (Å²) >= 11 is 0. The van der Waals surface area contributed by atoms with Crippen molar-refractivity contribution in [2.24, 2.45) is 0 Å².